The minimum absolute atomic E-state index is 0.0519. The number of aromatic amines is 1. The molecule has 0 radical (unpaired) electrons. The number of halogens is 1. The summed E-state index contributed by atoms with van der Waals surface area (Å²) in [4.78, 5) is 15.0. The van der Waals surface area contributed by atoms with Gasteiger partial charge in [0, 0.05) is 6.04 Å². The first-order valence-electron chi connectivity index (χ1n) is 4.95. The molecule has 0 fully saturated rings. The highest BCUT2D eigenvalue weighted by atomic mass is 32.1. The number of hydrogen-bond acceptors (Lipinski definition) is 2. The van der Waals surface area contributed by atoms with E-state index < -0.39 is 5.82 Å². The Bertz CT molecular complexity index is 657. The van der Waals surface area contributed by atoms with Gasteiger partial charge in [0.2, 0.25) is 0 Å². The van der Waals surface area contributed by atoms with Crippen LogP contribution in [0.1, 0.15) is 19.9 Å². The van der Waals surface area contributed by atoms with Gasteiger partial charge in [0.15, 0.2) is 4.77 Å². The van der Waals surface area contributed by atoms with Crippen molar-refractivity contribution in [1.29, 1.82) is 0 Å². The molecule has 16 heavy (non-hydrogen) atoms. The second-order valence-corrected chi connectivity index (χ2v) is 4.28. The van der Waals surface area contributed by atoms with Crippen molar-refractivity contribution in [1.82, 2.24) is 9.55 Å². The summed E-state index contributed by atoms with van der Waals surface area (Å²) in [6, 6.07) is 3.99. The lowest BCUT2D eigenvalue weighted by Crippen LogP contribution is -2.23. The molecule has 0 amide bonds. The fraction of sp³-hybridized carbons (Fsp3) is 0.273. The van der Waals surface area contributed by atoms with Gasteiger partial charge in [-0.2, -0.15) is 0 Å². The number of benzene rings is 1. The molecule has 1 N–H and O–H groups in total. The molecule has 0 bridgehead atoms. The van der Waals surface area contributed by atoms with Gasteiger partial charge in [-0.1, -0.05) is 0 Å². The Morgan fingerprint density at radius 3 is 2.75 bits per heavy atom. The summed E-state index contributed by atoms with van der Waals surface area (Å²) >= 11 is 5.09. The molecule has 84 valence electrons. The second-order valence-electron chi connectivity index (χ2n) is 3.89. The molecule has 1 heterocycles. The van der Waals surface area contributed by atoms with E-state index in [1.807, 2.05) is 13.8 Å². The number of nitrogens with one attached hydrogen (secondary N) is 1. The lowest BCUT2D eigenvalue weighted by atomic mass is 10.2. The molecule has 2 rings (SSSR count). The zero-order valence-electron chi connectivity index (χ0n) is 8.95. The van der Waals surface area contributed by atoms with Crippen LogP contribution in [0.15, 0.2) is 23.0 Å². The standard InChI is InChI=1S/C11H11FN2OS/c1-6(2)14-10(15)8-5-7(12)3-4-9(8)13-11(14)16/h3-6H,1-2H3,(H,13,16). The van der Waals surface area contributed by atoms with Crippen LogP contribution in [-0.4, -0.2) is 9.55 Å². The van der Waals surface area contributed by atoms with Crippen LogP contribution in [0.4, 0.5) is 4.39 Å². The summed E-state index contributed by atoms with van der Waals surface area (Å²) in [5.74, 6) is -0.426. The van der Waals surface area contributed by atoms with Crippen molar-refractivity contribution in [2.24, 2.45) is 0 Å². The van der Waals surface area contributed by atoms with E-state index in [1.165, 1.54) is 22.8 Å². The van der Waals surface area contributed by atoms with Crippen molar-refractivity contribution in [3.8, 4) is 0 Å². The molecule has 0 saturated heterocycles. The van der Waals surface area contributed by atoms with Crippen LogP contribution in [0.2, 0.25) is 0 Å². The van der Waals surface area contributed by atoms with Crippen LogP contribution in [0.3, 0.4) is 0 Å². The Morgan fingerprint density at radius 2 is 2.12 bits per heavy atom. The molecule has 1 aromatic carbocycles. The number of rotatable bonds is 1. The maximum Gasteiger partial charge on any atom is 0.262 e. The Morgan fingerprint density at radius 1 is 1.44 bits per heavy atom. The molecule has 0 spiro atoms. The van der Waals surface area contributed by atoms with E-state index in [-0.39, 0.29) is 11.6 Å². The van der Waals surface area contributed by atoms with Crippen LogP contribution in [-0.2, 0) is 0 Å². The van der Waals surface area contributed by atoms with Crippen molar-refractivity contribution >= 4 is 23.1 Å². The SMILES string of the molecule is CC(C)n1c(=S)[nH]c2ccc(F)cc2c1=O. The monoisotopic (exact) mass is 238 g/mol. The van der Waals surface area contributed by atoms with Crippen molar-refractivity contribution in [3.05, 3.63) is 39.1 Å². The second kappa shape index (κ2) is 3.83. The van der Waals surface area contributed by atoms with Crippen LogP contribution < -0.4 is 5.56 Å². The highest BCUT2D eigenvalue weighted by Crippen LogP contribution is 2.11. The van der Waals surface area contributed by atoms with Gasteiger partial charge in [0.25, 0.3) is 5.56 Å². The molecule has 3 nitrogen and oxygen atoms in total. The summed E-state index contributed by atoms with van der Waals surface area (Å²) in [5.41, 5.74) is 0.307. The zero-order valence-corrected chi connectivity index (χ0v) is 9.77. The van der Waals surface area contributed by atoms with Gasteiger partial charge in [0.05, 0.1) is 10.9 Å². The molecule has 2 aromatic rings. The Kier molecular flexibility index (Phi) is 2.63. The number of hydrogen-bond donors (Lipinski definition) is 1. The van der Waals surface area contributed by atoms with E-state index >= 15 is 0 Å². The van der Waals surface area contributed by atoms with Gasteiger partial charge in [0.1, 0.15) is 5.82 Å². The highest BCUT2D eigenvalue weighted by molar-refractivity contribution is 7.71. The number of H-pyrrole nitrogens is 1. The van der Waals surface area contributed by atoms with Crippen LogP contribution >= 0.6 is 12.2 Å². The predicted octanol–water partition coefficient (Wildman–Crippen LogP) is 2.78. The Labute approximate surface area is 96.5 Å². The van der Waals surface area contributed by atoms with Crippen molar-refractivity contribution in [3.63, 3.8) is 0 Å². The molecule has 0 aliphatic rings. The molecule has 1 aromatic heterocycles. The van der Waals surface area contributed by atoms with E-state index in [4.69, 9.17) is 12.2 Å². The summed E-state index contributed by atoms with van der Waals surface area (Å²) < 4.78 is 14.9. The van der Waals surface area contributed by atoms with Gasteiger partial charge < -0.3 is 4.98 Å². The van der Waals surface area contributed by atoms with Crippen molar-refractivity contribution in [2.75, 3.05) is 0 Å². The third kappa shape index (κ3) is 1.67. The maximum atomic E-state index is 13.1. The number of aromatic nitrogens is 2. The average Bonchev–Trinajstić information content (AvgIpc) is 2.19. The average molecular weight is 238 g/mol. The minimum Gasteiger partial charge on any atom is -0.332 e. The fourth-order valence-electron chi connectivity index (χ4n) is 1.67. The fourth-order valence-corrected chi connectivity index (χ4v) is 2.07. The first kappa shape index (κ1) is 11.0. The lowest BCUT2D eigenvalue weighted by molar-refractivity contribution is 0.564. The topological polar surface area (TPSA) is 37.8 Å². The van der Waals surface area contributed by atoms with Gasteiger partial charge >= 0.3 is 0 Å². The molecular weight excluding hydrogens is 227 g/mol. The number of nitrogens with zero attached hydrogens (tertiary/aromatic N) is 1. The van der Waals surface area contributed by atoms with E-state index in [0.717, 1.165) is 0 Å². The molecule has 0 aliphatic carbocycles. The van der Waals surface area contributed by atoms with E-state index in [0.29, 0.717) is 15.7 Å². The van der Waals surface area contributed by atoms with Gasteiger partial charge in [-0.25, -0.2) is 4.39 Å². The normalized spacial score (nSPS) is 11.2. The van der Waals surface area contributed by atoms with E-state index in [9.17, 15) is 9.18 Å². The first-order valence-corrected chi connectivity index (χ1v) is 5.35. The molecule has 0 unspecified atom stereocenters. The summed E-state index contributed by atoms with van der Waals surface area (Å²) in [6.07, 6.45) is 0. The van der Waals surface area contributed by atoms with Gasteiger partial charge in [-0.05, 0) is 44.3 Å². The lowest BCUT2D eigenvalue weighted by Gasteiger charge is -2.10. The van der Waals surface area contributed by atoms with Gasteiger partial charge in [-0.3, -0.25) is 9.36 Å². The molecule has 5 heteroatoms. The molecular formula is C11H11FN2OS. The highest BCUT2D eigenvalue weighted by Gasteiger charge is 2.08. The molecule has 0 atom stereocenters. The third-order valence-electron chi connectivity index (χ3n) is 2.41. The van der Waals surface area contributed by atoms with Crippen LogP contribution in [0.5, 0.6) is 0 Å². The van der Waals surface area contributed by atoms with Crippen LogP contribution in [0.25, 0.3) is 10.9 Å². The Hall–Kier alpha value is -1.49. The summed E-state index contributed by atoms with van der Waals surface area (Å²) in [5, 5.41) is 0.322. The van der Waals surface area contributed by atoms with Crippen molar-refractivity contribution in [2.45, 2.75) is 19.9 Å². The van der Waals surface area contributed by atoms with E-state index in [2.05, 4.69) is 4.98 Å². The maximum absolute atomic E-state index is 13.1. The predicted molar refractivity (Wildman–Crippen MR) is 63.7 cm³/mol. The molecule has 0 aliphatic heterocycles. The third-order valence-corrected chi connectivity index (χ3v) is 2.71. The summed E-state index contributed by atoms with van der Waals surface area (Å²) in [6.45, 7) is 3.71. The smallest absolute Gasteiger partial charge is 0.262 e. The molecule has 0 saturated carbocycles. The minimum atomic E-state index is -0.426. The van der Waals surface area contributed by atoms with Crippen molar-refractivity contribution < 1.29 is 4.39 Å². The van der Waals surface area contributed by atoms with Gasteiger partial charge in [-0.15, -0.1) is 0 Å². The zero-order chi connectivity index (χ0) is 11.9. The largest absolute Gasteiger partial charge is 0.332 e. The van der Waals surface area contributed by atoms with Crippen LogP contribution in [0, 0.1) is 10.6 Å². The number of fused-ring (bicyclic) bond motifs is 1. The first-order chi connectivity index (χ1) is 7.50. The quantitative estimate of drug-likeness (QED) is 0.776. The van der Waals surface area contributed by atoms with E-state index in [1.54, 1.807) is 0 Å². The Balaban J connectivity index is 2.97. The summed E-state index contributed by atoms with van der Waals surface area (Å²) in [7, 11) is 0.